The van der Waals surface area contributed by atoms with Gasteiger partial charge in [0.1, 0.15) is 12.1 Å². The molecule has 2 heterocycles. The number of aryl methyl sites for hydroxylation is 1. The highest BCUT2D eigenvalue weighted by Gasteiger charge is 2.21. The van der Waals surface area contributed by atoms with Gasteiger partial charge in [-0.05, 0) is 24.6 Å². The van der Waals surface area contributed by atoms with Gasteiger partial charge in [-0.15, -0.1) is 0 Å². The molecular weight excluding hydrogens is 375 g/mol. The molecule has 0 aliphatic carbocycles. The number of benzene rings is 1. The lowest BCUT2D eigenvalue weighted by Gasteiger charge is -2.14. The first-order valence-corrected chi connectivity index (χ1v) is 8.70. The summed E-state index contributed by atoms with van der Waals surface area (Å²) in [4.78, 5) is 16.2. The molecular formula is C18H18Cl2N4O2. The van der Waals surface area contributed by atoms with Gasteiger partial charge in [0.2, 0.25) is 11.8 Å². The van der Waals surface area contributed by atoms with Crippen molar-refractivity contribution in [1.82, 2.24) is 14.9 Å². The van der Waals surface area contributed by atoms with Crippen LogP contribution in [0.2, 0.25) is 10.0 Å². The second-order valence-electron chi connectivity index (χ2n) is 5.90. The van der Waals surface area contributed by atoms with Crippen molar-refractivity contribution in [3.63, 3.8) is 0 Å². The highest BCUT2D eigenvalue weighted by molar-refractivity contribution is 6.36. The van der Waals surface area contributed by atoms with E-state index in [9.17, 15) is 9.90 Å². The molecule has 0 saturated heterocycles. The third kappa shape index (κ3) is 3.11. The number of hydrogen-bond donors (Lipinski definition) is 3. The molecule has 0 fully saturated rings. The van der Waals surface area contributed by atoms with Crippen LogP contribution in [-0.2, 0) is 17.9 Å². The summed E-state index contributed by atoms with van der Waals surface area (Å²) in [6, 6.07) is 5.21. The van der Waals surface area contributed by atoms with Crippen LogP contribution in [0.4, 0.5) is 0 Å². The van der Waals surface area contributed by atoms with Gasteiger partial charge in [0.05, 0.1) is 0 Å². The zero-order valence-corrected chi connectivity index (χ0v) is 15.8. The topological polar surface area (TPSA) is 93.2 Å². The van der Waals surface area contributed by atoms with Crippen LogP contribution in [0.3, 0.4) is 0 Å². The number of hydrogen-bond acceptors (Lipinski definition) is 4. The summed E-state index contributed by atoms with van der Waals surface area (Å²) >= 11 is 12.4. The Hall–Kier alpha value is -2.28. The average molecular weight is 393 g/mol. The molecule has 0 aliphatic heterocycles. The first-order valence-electron chi connectivity index (χ1n) is 7.94. The van der Waals surface area contributed by atoms with E-state index in [1.165, 1.54) is 11.6 Å². The average Bonchev–Trinajstić information content (AvgIpc) is 2.90. The number of carbonyl (C=O) groups is 1. The molecule has 0 saturated carbocycles. The molecule has 0 atom stereocenters. The number of likely N-dealkylation sites (N-methyl/N-ethyl adjacent to an activating group) is 1. The van der Waals surface area contributed by atoms with Crippen LogP contribution in [0.1, 0.15) is 11.3 Å². The molecule has 1 amide bonds. The van der Waals surface area contributed by atoms with E-state index in [0.29, 0.717) is 26.6 Å². The van der Waals surface area contributed by atoms with Crippen molar-refractivity contribution in [1.29, 1.82) is 0 Å². The second-order valence-corrected chi connectivity index (χ2v) is 6.74. The van der Waals surface area contributed by atoms with Gasteiger partial charge in [0.15, 0.2) is 0 Å². The van der Waals surface area contributed by atoms with E-state index < -0.39 is 0 Å². The SMILES string of the molecule is CNC(=O)Cn1cc2c(-c3ccc(Cl)cc3Cl)c(CN)c(C)nc2c1O. The first kappa shape index (κ1) is 18.5. The van der Waals surface area contributed by atoms with E-state index in [0.717, 1.165) is 16.7 Å². The Morgan fingerprint density at radius 3 is 2.73 bits per heavy atom. The Balaban J connectivity index is 2.35. The fraction of sp³-hybridized carbons (Fsp3) is 0.222. The number of nitrogens with one attached hydrogen (secondary N) is 1. The number of aromatic hydroxyl groups is 1. The maximum atomic E-state index is 11.7. The van der Waals surface area contributed by atoms with Crippen LogP contribution in [0.5, 0.6) is 5.88 Å². The van der Waals surface area contributed by atoms with E-state index in [1.807, 2.05) is 13.0 Å². The van der Waals surface area contributed by atoms with Crippen LogP contribution < -0.4 is 11.1 Å². The zero-order valence-electron chi connectivity index (χ0n) is 14.3. The molecule has 1 aromatic carbocycles. The van der Waals surface area contributed by atoms with E-state index >= 15 is 0 Å². The van der Waals surface area contributed by atoms with Crippen molar-refractivity contribution >= 4 is 40.0 Å². The predicted molar refractivity (Wildman–Crippen MR) is 104 cm³/mol. The summed E-state index contributed by atoms with van der Waals surface area (Å²) in [5.74, 6) is -0.316. The van der Waals surface area contributed by atoms with Gasteiger partial charge in [-0.25, -0.2) is 4.98 Å². The summed E-state index contributed by atoms with van der Waals surface area (Å²) in [6.45, 7) is 2.05. The summed E-state index contributed by atoms with van der Waals surface area (Å²) < 4.78 is 1.45. The maximum Gasteiger partial charge on any atom is 0.239 e. The third-order valence-electron chi connectivity index (χ3n) is 4.31. The molecule has 6 nitrogen and oxygen atoms in total. The second kappa shape index (κ2) is 7.15. The molecule has 0 bridgehead atoms. The lowest BCUT2D eigenvalue weighted by Crippen LogP contribution is -2.22. The van der Waals surface area contributed by atoms with Crippen LogP contribution in [0, 0.1) is 6.92 Å². The molecule has 4 N–H and O–H groups in total. The molecule has 136 valence electrons. The number of aromatic nitrogens is 2. The maximum absolute atomic E-state index is 11.7. The van der Waals surface area contributed by atoms with E-state index in [-0.39, 0.29) is 24.9 Å². The smallest absolute Gasteiger partial charge is 0.239 e. The van der Waals surface area contributed by atoms with Crippen molar-refractivity contribution in [3.8, 4) is 17.0 Å². The van der Waals surface area contributed by atoms with Gasteiger partial charge in [-0.3, -0.25) is 4.79 Å². The standard InChI is InChI=1S/C18H18Cl2N4O2/c1-9-12(6-21)16(11-4-3-10(19)5-14(11)20)13-7-24(8-15(25)22-2)18(26)17(13)23-9/h3-5,7,26H,6,8,21H2,1-2H3,(H,22,25). The van der Waals surface area contributed by atoms with Crippen LogP contribution in [0.15, 0.2) is 24.4 Å². The molecule has 0 spiro atoms. The quantitative estimate of drug-likeness (QED) is 0.635. The fourth-order valence-corrected chi connectivity index (χ4v) is 3.51. The zero-order chi connectivity index (χ0) is 19.0. The van der Waals surface area contributed by atoms with Gasteiger partial charge < -0.3 is 20.7 Å². The normalized spacial score (nSPS) is 11.1. The molecule has 3 aromatic rings. The van der Waals surface area contributed by atoms with Crippen molar-refractivity contribution in [2.24, 2.45) is 5.73 Å². The third-order valence-corrected chi connectivity index (χ3v) is 4.86. The highest BCUT2D eigenvalue weighted by atomic mass is 35.5. The summed E-state index contributed by atoms with van der Waals surface area (Å²) in [5, 5.41) is 14.7. The minimum atomic E-state index is -0.234. The minimum Gasteiger partial charge on any atom is -0.493 e. The molecule has 2 aromatic heterocycles. The Labute approximate surface area is 160 Å². The van der Waals surface area contributed by atoms with Crippen molar-refractivity contribution in [2.45, 2.75) is 20.0 Å². The number of fused-ring (bicyclic) bond motifs is 1. The summed E-state index contributed by atoms with van der Waals surface area (Å²) in [5.41, 5.74) is 9.38. The molecule has 3 rings (SSSR count). The fourth-order valence-electron chi connectivity index (χ4n) is 3.01. The summed E-state index contributed by atoms with van der Waals surface area (Å²) in [6.07, 6.45) is 1.69. The van der Waals surface area contributed by atoms with E-state index in [2.05, 4.69) is 10.3 Å². The van der Waals surface area contributed by atoms with Crippen LogP contribution in [-0.4, -0.2) is 27.6 Å². The Morgan fingerprint density at radius 2 is 2.12 bits per heavy atom. The lowest BCUT2D eigenvalue weighted by molar-refractivity contribution is -0.121. The van der Waals surface area contributed by atoms with Gasteiger partial charge >= 0.3 is 0 Å². The Bertz CT molecular complexity index is 1010. The lowest BCUT2D eigenvalue weighted by atomic mass is 9.96. The number of amides is 1. The number of rotatable bonds is 4. The molecule has 8 heteroatoms. The van der Waals surface area contributed by atoms with Gasteiger partial charge in [0, 0.05) is 52.0 Å². The van der Waals surface area contributed by atoms with Crippen molar-refractivity contribution < 1.29 is 9.90 Å². The number of halogens is 2. The minimum absolute atomic E-state index is 0.0243. The number of pyridine rings is 1. The predicted octanol–water partition coefficient (Wildman–Crippen LogP) is 3.23. The Morgan fingerprint density at radius 1 is 1.38 bits per heavy atom. The van der Waals surface area contributed by atoms with E-state index in [1.54, 1.807) is 18.3 Å². The number of nitrogens with two attached hydrogens (primary N) is 1. The van der Waals surface area contributed by atoms with Gasteiger partial charge in [-0.2, -0.15) is 0 Å². The van der Waals surface area contributed by atoms with Gasteiger partial charge in [0.25, 0.3) is 0 Å². The highest BCUT2D eigenvalue weighted by Crippen LogP contribution is 2.40. The summed E-state index contributed by atoms with van der Waals surface area (Å²) in [7, 11) is 1.54. The monoisotopic (exact) mass is 392 g/mol. The first-order chi connectivity index (χ1) is 12.4. The van der Waals surface area contributed by atoms with Crippen molar-refractivity contribution in [3.05, 3.63) is 45.7 Å². The van der Waals surface area contributed by atoms with Gasteiger partial charge in [-0.1, -0.05) is 29.3 Å². The molecule has 0 unspecified atom stereocenters. The van der Waals surface area contributed by atoms with Crippen LogP contribution in [0.25, 0.3) is 22.0 Å². The van der Waals surface area contributed by atoms with Crippen molar-refractivity contribution in [2.75, 3.05) is 7.05 Å². The molecule has 0 aliphatic rings. The molecule has 0 radical (unpaired) electrons. The largest absolute Gasteiger partial charge is 0.493 e. The van der Waals surface area contributed by atoms with Crippen LogP contribution >= 0.6 is 23.2 Å². The number of nitrogens with zero attached hydrogens (tertiary/aromatic N) is 2. The van der Waals surface area contributed by atoms with E-state index in [4.69, 9.17) is 28.9 Å². The number of carbonyl (C=O) groups excluding carboxylic acids is 1. The molecule has 26 heavy (non-hydrogen) atoms. The Kier molecular flexibility index (Phi) is 5.09.